The number of benzene rings is 1. The lowest BCUT2D eigenvalue weighted by Gasteiger charge is -2.34. The summed E-state index contributed by atoms with van der Waals surface area (Å²) < 4.78 is 29.0. The Morgan fingerprint density at radius 2 is 1.74 bits per heavy atom. The molecule has 1 aromatic rings. The van der Waals surface area contributed by atoms with Crippen molar-refractivity contribution in [1.29, 1.82) is 4.78 Å². The number of carbonyl (C=O) groups is 2. The largest absolute Gasteiger partial charge is 0.444 e. The summed E-state index contributed by atoms with van der Waals surface area (Å²) in [5.41, 5.74) is 4.43. The first-order valence-electron chi connectivity index (χ1n) is 12.1. The van der Waals surface area contributed by atoms with Gasteiger partial charge in [-0.2, -0.15) is 0 Å². The summed E-state index contributed by atoms with van der Waals surface area (Å²) in [5.74, 6) is 0. The Labute approximate surface area is 202 Å². The van der Waals surface area contributed by atoms with E-state index in [1.165, 1.54) is 27.7 Å². The molecule has 1 aliphatic heterocycles. The number of hydrogen-bond acceptors (Lipinski definition) is 5. The van der Waals surface area contributed by atoms with Crippen LogP contribution in [0.15, 0.2) is 17.6 Å². The van der Waals surface area contributed by atoms with Gasteiger partial charge in [-0.15, -0.1) is 0 Å². The van der Waals surface area contributed by atoms with Crippen molar-refractivity contribution < 1.29 is 18.5 Å². The smallest absolute Gasteiger partial charge is 0.410 e. The molecule has 9 heteroatoms. The lowest BCUT2D eigenvalue weighted by atomic mass is 9.99. The molecule has 186 valence electrons. The summed E-state index contributed by atoms with van der Waals surface area (Å²) in [6, 6.07) is 1.64. The van der Waals surface area contributed by atoms with Gasteiger partial charge < -0.3 is 10.1 Å². The van der Waals surface area contributed by atoms with E-state index in [0.29, 0.717) is 13.0 Å². The number of amides is 3. The van der Waals surface area contributed by atoms with Gasteiger partial charge in [0.05, 0.1) is 5.54 Å². The minimum Gasteiger partial charge on any atom is -0.444 e. The Hall–Kier alpha value is -2.55. The van der Waals surface area contributed by atoms with Crippen molar-refractivity contribution in [3.8, 4) is 0 Å². The maximum absolute atomic E-state index is 12.9. The third-order valence-corrected chi connectivity index (χ3v) is 7.88. The maximum atomic E-state index is 12.9. The maximum Gasteiger partial charge on any atom is 0.410 e. The number of nitrogens with zero attached hydrogens (tertiary/aromatic N) is 1. The van der Waals surface area contributed by atoms with E-state index in [-0.39, 0.29) is 0 Å². The summed E-state index contributed by atoms with van der Waals surface area (Å²) in [6.45, 7) is 7.81. The molecule has 1 aromatic carbocycles. The van der Waals surface area contributed by atoms with Crippen LogP contribution in [0, 0.1) is 4.78 Å². The number of rotatable bonds is 4. The second-order valence-electron chi connectivity index (χ2n) is 10.8. The van der Waals surface area contributed by atoms with E-state index in [1.54, 1.807) is 11.0 Å². The second kappa shape index (κ2) is 8.91. The molecule has 4 rings (SSSR count). The van der Waals surface area contributed by atoms with Crippen LogP contribution in [0.1, 0.15) is 75.6 Å². The first-order valence-corrected chi connectivity index (χ1v) is 13.7. The molecule has 1 heterocycles. The Morgan fingerprint density at radius 1 is 1.12 bits per heavy atom. The average molecular weight is 489 g/mol. The Kier molecular flexibility index (Phi) is 6.44. The van der Waals surface area contributed by atoms with Gasteiger partial charge in [0.25, 0.3) is 0 Å². The third kappa shape index (κ3) is 5.24. The predicted octanol–water partition coefficient (Wildman–Crippen LogP) is 5.05. The van der Waals surface area contributed by atoms with Gasteiger partial charge in [-0.3, -0.25) is 4.90 Å². The van der Waals surface area contributed by atoms with E-state index < -0.39 is 33.2 Å². The lowest BCUT2D eigenvalue weighted by Crippen LogP contribution is -2.46. The zero-order valence-corrected chi connectivity index (χ0v) is 21.4. The highest BCUT2D eigenvalue weighted by molar-refractivity contribution is 7.93. The van der Waals surface area contributed by atoms with Crippen LogP contribution in [0.25, 0.3) is 0 Å². The molecule has 0 aromatic heterocycles. The van der Waals surface area contributed by atoms with Gasteiger partial charge in [-0.1, -0.05) is 6.07 Å². The second-order valence-corrected chi connectivity index (χ2v) is 12.5. The first kappa shape index (κ1) is 24.6. The average Bonchev–Trinajstić information content (AvgIpc) is 3.44. The summed E-state index contributed by atoms with van der Waals surface area (Å²) >= 11 is 0. The van der Waals surface area contributed by atoms with Gasteiger partial charge in [-0.25, -0.2) is 23.3 Å². The van der Waals surface area contributed by atoms with Gasteiger partial charge in [0.1, 0.15) is 5.60 Å². The molecule has 3 N–H and O–H groups in total. The summed E-state index contributed by atoms with van der Waals surface area (Å²) in [4.78, 5) is 27.0. The summed E-state index contributed by atoms with van der Waals surface area (Å²) in [5, 5.41) is 4.12. The highest BCUT2D eigenvalue weighted by atomic mass is 32.2. The van der Waals surface area contributed by atoms with Crippen molar-refractivity contribution in [2.45, 2.75) is 90.2 Å². The molecule has 34 heavy (non-hydrogen) atoms. The quantitative estimate of drug-likeness (QED) is 0.550. The van der Waals surface area contributed by atoms with E-state index >= 15 is 0 Å². The van der Waals surface area contributed by atoms with Crippen LogP contribution in [-0.4, -0.2) is 38.9 Å². The molecular weight excluding hydrogens is 452 g/mol. The van der Waals surface area contributed by atoms with Crippen molar-refractivity contribution in [3.63, 3.8) is 0 Å². The molecule has 3 aliphatic rings. The molecule has 2 atom stereocenters. The normalized spacial score (nSPS) is 23.5. The zero-order chi connectivity index (χ0) is 24.7. The van der Waals surface area contributed by atoms with Crippen LogP contribution in [0.2, 0.25) is 0 Å². The van der Waals surface area contributed by atoms with Gasteiger partial charge in [0.2, 0.25) is 0 Å². The minimum absolute atomic E-state index is 0.439. The number of hydrogen-bond donors (Lipinski definition) is 3. The van der Waals surface area contributed by atoms with Gasteiger partial charge in [-0.05, 0) is 107 Å². The van der Waals surface area contributed by atoms with Gasteiger partial charge >= 0.3 is 12.1 Å². The van der Waals surface area contributed by atoms with Crippen molar-refractivity contribution >= 4 is 27.7 Å². The number of nitrogens with one attached hydrogen (secondary N) is 3. The molecule has 1 saturated heterocycles. The van der Waals surface area contributed by atoms with Crippen LogP contribution in [0.5, 0.6) is 0 Å². The Morgan fingerprint density at radius 3 is 2.32 bits per heavy atom. The third-order valence-electron chi connectivity index (χ3n) is 6.87. The summed E-state index contributed by atoms with van der Waals surface area (Å²) in [6.07, 6.45) is 8.61. The van der Waals surface area contributed by atoms with E-state index in [4.69, 9.17) is 9.52 Å². The highest BCUT2D eigenvalue weighted by Crippen LogP contribution is 2.38. The number of urea groups is 1. The van der Waals surface area contributed by atoms with Crippen molar-refractivity contribution in [2.75, 3.05) is 11.9 Å². The molecule has 0 spiro atoms. The number of aryl methyl sites for hydroxylation is 2. The van der Waals surface area contributed by atoms with E-state index in [0.717, 1.165) is 50.6 Å². The molecule has 2 aliphatic carbocycles. The van der Waals surface area contributed by atoms with E-state index in [2.05, 4.69) is 16.1 Å². The molecule has 0 bridgehead atoms. The van der Waals surface area contributed by atoms with Gasteiger partial charge in [0, 0.05) is 17.6 Å². The fourth-order valence-corrected chi connectivity index (χ4v) is 6.18. The molecule has 1 fully saturated rings. The van der Waals surface area contributed by atoms with E-state index in [9.17, 15) is 13.8 Å². The monoisotopic (exact) mass is 488 g/mol. The topological polar surface area (TPSA) is 112 Å². The van der Waals surface area contributed by atoms with Crippen LogP contribution in [0.4, 0.5) is 15.3 Å². The fourth-order valence-electron chi connectivity index (χ4n) is 5.30. The molecule has 3 amide bonds. The Balaban J connectivity index is 1.46. The predicted molar refractivity (Wildman–Crippen MR) is 133 cm³/mol. The molecule has 8 nitrogen and oxygen atoms in total. The number of likely N-dealkylation sites (tertiary alicyclic amines) is 1. The van der Waals surface area contributed by atoms with Crippen LogP contribution < -0.4 is 10.0 Å². The summed E-state index contributed by atoms with van der Waals surface area (Å²) in [7, 11) is -3.56. The number of ether oxygens (including phenoxy) is 1. The number of carbonyl (C=O) groups excluding carboxylic acids is 2. The van der Waals surface area contributed by atoms with Crippen LogP contribution in [-0.2, 0) is 40.3 Å². The van der Waals surface area contributed by atoms with Crippen molar-refractivity contribution in [3.05, 3.63) is 39.8 Å². The lowest BCUT2D eigenvalue weighted by molar-refractivity contribution is 0.0169. The number of fused-ring (bicyclic) bond motifs is 2. The Bertz CT molecular complexity index is 1100. The highest BCUT2D eigenvalue weighted by Gasteiger charge is 2.40. The molecule has 1 unspecified atom stereocenters. The molecule has 0 radical (unpaired) electrons. The minimum atomic E-state index is -3.56. The van der Waals surface area contributed by atoms with E-state index in [1.807, 2.05) is 27.7 Å². The van der Waals surface area contributed by atoms with Crippen molar-refractivity contribution in [2.24, 2.45) is 0 Å². The molecule has 0 saturated carbocycles. The SMILES string of the molecule is CC(C)(C)OC(=O)N1CCC[C@]1(C)/C=C/S(=N)(=O)NC(=O)Nc1c2c(cc3c1CCC3)CCC2. The van der Waals surface area contributed by atoms with Crippen LogP contribution >= 0.6 is 0 Å². The van der Waals surface area contributed by atoms with Crippen LogP contribution in [0.3, 0.4) is 0 Å². The zero-order valence-electron chi connectivity index (χ0n) is 20.6. The fraction of sp³-hybridized carbons (Fsp3) is 0.600. The standard InChI is InChI=1S/C25H36N4O4S/c1-24(2,3)33-23(31)29-14-7-12-25(29,4)13-15-34(26,32)28-22(30)27-21-19-10-5-8-17(19)16-18-9-6-11-20(18)21/h13,15-16H,5-12,14H2,1-4H3,(H3,26,27,28,30,32)/b15-13+/t25-,34?/m1/s1. The van der Waals surface area contributed by atoms with Gasteiger partial charge in [0.15, 0.2) is 9.92 Å². The number of anilines is 1. The van der Waals surface area contributed by atoms with Crippen molar-refractivity contribution in [1.82, 2.24) is 9.62 Å². The first-order chi connectivity index (χ1) is 15.9. The molecular formula is C25H36N4O4S.